The molecule has 3 N–H and O–H groups in total. The third-order valence-electron chi connectivity index (χ3n) is 2.42. The number of nitrogens with two attached hydrogens (primary N) is 1. The molecule has 0 saturated carbocycles. The molecule has 0 fully saturated rings. The van der Waals surface area contributed by atoms with E-state index in [9.17, 15) is 4.79 Å². The summed E-state index contributed by atoms with van der Waals surface area (Å²) in [7, 11) is 0. The van der Waals surface area contributed by atoms with Gasteiger partial charge >= 0.3 is 0 Å². The number of benzene rings is 1. The number of carbonyl (C=O) groups excluding carboxylic acids is 1. The quantitative estimate of drug-likeness (QED) is 0.634. The molecular weight excluding hydrogens is 264 g/mol. The Morgan fingerprint density at radius 1 is 1.47 bits per heavy atom. The number of hydrogen-bond acceptors (Lipinski definition) is 6. The Morgan fingerprint density at radius 3 is 2.95 bits per heavy atom. The zero-order valence-corrected chi connectivity index (χ0v) is 11.2. The molecule has 19 heavy (non-hydrogen) atoms. The van der Waals surface area contributed by atoms with Crippen LogP contribution in [0.25, 0.3) is 0 Å². The van der Waals surface area contributed by atoms with Gasteiger partial charge in [-0.3, -0.25) is 4.79 Å². The minimum atomic E-state index is -0.183. The Labute approximate surface area is 114 Å². The monoisotopic (exact) mass is 278 g/mol. The molecule has 0 saturated heterocycles. The number of rotatable bonds is 5. The third-order valence-corrected chi connectivity index (χ3v) is 3.25. The van der Waals surface area contributed by atoms with Crippen LogP contribution >= 0.6 is 11.5 Å². The molecular formula is C12H14N4O2S. The molecule has 0 aliphatic heterocycles. The second kappa shape index (κ2) is 6.14. The Bertz CT molecular complexity index is 570. The molecule has 2 aromatic rings. The summed E-state index contributed by atoms with van der Waals surface area (Å²) in [5.74, 6) is 0.435. The van der Waals surface area contributed by atoms with Gasteiger partial charge in [-0.15, -0.1) is 5.10 Å². The molecule has 100 valence electrons. The first-order valence-electron chi connectivity index (χ1n) is 5.73. The van der Waals surface area contributed by atoms with Crippen molar-refractivity contribution in [2.24, 2.45) is 0 Å². The predicted molar refractivity (Wildman–Crippen MR) is 73.3 cm³/mol. The maximum absolute atomic E-state index is 11.7. The van der Waals surface area contributed by atoms with Crippen LogP contribution in [-0.4, -0.2) is 28.6 Å². The normalized spacial score (nSPS) is 10.2. The van der Waals surface area contributed by atoms with Crippen molar-refractivity contribution < 1.29 is 9.53 Å². The smallest absolute Gasteiger partial charge is 0.265 e. The summed E-state index contributed by atoms with van der Waals surface area (Å²) >= 11 is 1.08. The first-order chi connectivity index (χ1) is 9.18. The number of ether oxygens (including phenoxy) is 1. The standard InChI is InChI=1S/C12H14N4O2S/c1-8-11(19-16-15-8)12(17)14-6-7-18-10-5-3-2-4-9(10)13/h2-5H,6-7,13H2,1H3,(H,14,17). The molecule has 0 aliphatic carbocycles. The fraction of sp³-hybridized carbons (Fsp3) is 0.250. The predicted octanol–water partition coefficient (Wildman–Crippen LogP) is 1.24. The van der Waals surface area contributed by atoms with Gasteiger partial charge in [0.15, 0.2) is 0 Å². The lowest BCUT2D eigenvalue weighted by atomic mass is 10.3. The van der Waals surface area contributed by atoms with Crippen molar-refractivity contribution in [1.82, 2.24) is 14.9 Å². The first-order valence-corrected chi connectivity index (χ1v) is 6.50. The zero-order valence-electron chi connectivity index (χ0n) is 10.4. The minimum absolute atomic E-state index is 0.183. The zero-order chi connectivity index (χ0) is 13.7. The molecule has 1 aromatic heterocycles. The topological polar surface area (TPSA) is 90.1 Å². The van der Waals surface area contributed by atoms with Gasteiger partial charge in [0.2, 0.25) is 0 Å². The Balaban J connectivity index is 1.77. The fourth-order valence-corrected chi connectivity index (χ4v) is 2.03. The summed E-state index contributed by atoms with van der Waals surface area (Å²) in [6.07, 6.45) is 0. The van der Waals surface area contributed by atoms with Gasteiger partial charge in [0, 0.05) is 0 Å². The highest BCUT2D eigenvalue weighted by Crippen LogP contribution is 2.19. The number of aromatic nitrogens is 2. The summed E-state index contributed by atoms with van der Waals surface area (Å²) in [5.41, 5.74) is 6.95. The number of nitrogens with zero attached hydrogens (tertiary/aromatic N) is 2. The van der Waals surface area contributed by atoms with Crippen LogP contribution in [0, 0.1) is 6.92 Å². The average Bonchev–Trinajstić information content (AvgIpc) is 2.82. The van der Waals surface area contributed by atoms with Crippen molar-refractivity contribution in [1.29, 1.82) is 0 Å². The van der Waals surface area contributed by atoms with E-state index >= 15 is 0 Å². The molecule has 0 atom stereocenters. The lowest BCUT2D eigenvalue weighted by Crippen LogP contribution is -2.28. The van der Waals surface area contributed by atoms with Gasteiger partial charge in [0.1, 0.15) is 17.2 Å². The molecule has 0 spiro atoms. The number of hydrogen-bond donors (Lipinski definition) is 2. The summed E-state index contributed by atoms with van der Waals surface area (Å²) in [6, 6.07) is 7.23. The number of anilines is 1. The Morgan fingerprint density at radius 2 is 2.26 bits per heavy atom. The van der Waals surface area contributed by atoms with Crippen LogP contribution in [0.1, 0.15) is 15.4 Å². The van der Waals surface area contributed by atoms with Gasteiger partial charge in [-0.2, -0.15) is 0 Å². The maximum atomic E-state index is 11.7. The Kier molecular flexibility index (Phi) is 4.30. The molecule has 2 rings (SSSR count). The van der Waals surface area contributed by atoms with Crippen LogP contribution in [-0.2, 0) is 0 Å². The Hall–Kier alpha value is -2.15. The van der Waals surface area contributed by atoms with E-state index in [1.54, 1.807) is 19.1 Å². The van der Waals surface area contributed by atoms with Crippen molar-refractivity contribution >= 4 is 23.1 Å². The summed E-state index contributed by atoms with van der Waals surface area (Å²) in [5, 5.41) is 6.53. The molecule has 6 nitrogen and oxygen atoms in total. The van der Waals surface area contributed by atoms with Gasteiger partial charge in [0.05, 0.1) is 17.9 Å². The third kappa shape index (κ3) is 3.41. The van der Waals surface area contributed by atoms with Crippen LogP contribution in [0.15, 0.2) is 24.3 Å². The van der Waals surface area contributed by atoms with E-state index in [4.69, 9.17) is 10.5 Å². The highest BCUT2D eigenvalue weighted by molar-refractivity contribution is 7.07. The van der Waals surface area contributed by atoms with Gasteiger partial charge in [-0.25, -0.2) is 0 Å². The highest BCUT2D eigenvalue weighted by Gasteiger charge is 2.12. The van der Waals surface area contributed by atoms with Crippen LogP contribution < -0.4 is 15.8 Å². The van der Waals surface area contributed by atoms with Gasteiger partial charge in [0.25, 0.3) is 5.91 Å². The number of nitrogens with one attached hydrogen (secondary N) is 1. The van der Waals surface area contributed by atoms with Crippen LogP contribution in [0.4, 0.5) is 5.69 Å². The van der Waals surface area contributed by atoms with Crippen LogP contribution in [0.2, 0.25) is 0 Å². The molecule has 7 heteroatoms. The number of amides is 1. The van der Waals surface area contributed by atoms with E-state index in [0.717, 1.165) is 11.5 Å². The fourth-order valence-electron chi connectivity index (χ4n) is 1.46. The molecule has 0 aliphatic rings. The summed E-state index contributed by atoms with van der Waals surface area (Å²) < 4.78 is 9.18. The van der Waals surface area contributed by atoms with Crippen molar-refractivity contribution in [3.63, 3.8) is 0 Å². The van der Waals surface area contributed by atoms with Crippen molar-refractivity contribution in [2.75, 3.05) is 18.9 Å². The molecule has 0 unspecified atom stereocenters. The average molecular weight is 278 g/mol. The minimum Gasteiger partial charge on any atom is -0.490 e. The van der Waals surface area contributed by atoms with E-state index in [-0.39, 0.29) is 5.91 Å². The van der Waals surface area contributed by atoms with E-state index in [0.29, 0.717) is 35.2 Å². The number of para-hydroxylation sites is 2. The lowest BCUT2D eigenvalue weighted by Gasteiger charge is -2.08. The highest BCUT2D eigenvalue weighted by atomic mass is 32.1. The number of carbonyl (C=O) groups is 1. The van der Waals surface area contributed by atoms with E-state index < -0.39 is 0 Å². The molecule has 1 amide bonds. The van der Waals surface area contributed by atoms with Crippen molar-refractivity contribution in [3.8, 4) is 5.75 Å². The summed E-state index contributed by atoms with van der Waals surface area (Å²) in [4.78, 5) is 12.3. The van der Waals surface area contributed by atoms with E-state index in [2.05, 4.69) is 14.9 Å². The molecule has 0 bridgehead atoms. The van der Waals surface area contributed by atoms with Crippen molar-refractivity contribution in [2.45, 2.75) is 6.92 Å². The summed E-state index contributed by atoms with van der Waals surface area (Å²) in [6.45, 7) is 2.50. The molecule has 0 radical (unpaired) electrons. The molecule has 1 heterocycles. The van der Waals surface area contributed by atoms with Crippen molar-refractivity contribution in [3.05, 3.63) is 34.8 Å². The molecule has 1 aromatic carbocycles. The van der Waals surface area contributed by atoms with E-state index in [1.807, 2.05) is 12.1 Å². The largest absolute Gasteiger partial charge is 0.490 e. The van der Waals surface area contributed by atoms with Gasteiger partial charge in [-0.1, -0.05) is 16.6 Å². The SMILES string of the molecule is Cc1nnsc1C(=O)NCCOc1ccccc1N. The van der Waals surface area contributed by atoms with Gasteiger partial charge < -0.3 is 15.8 Å². The number of nitrogen functional groups attached to an aromatic ring is 1. The maximum Gasteiger partial charge on any atom is 0.265 e. The van der Waals surface area contributed by atoms with Crippen LogP contribution in [0.3, 0.4) is 0 Å². The lowest BCUT2D eigenvalue weighted by molar-refractivity contribution is 0.0950. The van der Waals surface area contributed by atoms with Crippen LogP contribution in [0.5, 0.6) is 5.75 Å². The van der Waals surface area contributed by atoms with E-state index in [1.165, 1.54) is 0 Å². The first kappa shape index (κ1) is 13.3. The van der Waals surface area contributed by atoms with Gasteiger partial charge in [-0.05, 0) is 30.6 Å². The second-order valence-electron chi connectivity index (χ2n) is 3.83. The second-order valence-corrected chi connectivity index (χ2v) is 4.58. The number of aryl methyl sites for hydroxylation is 1.